The second kappa shape index (κ2) is 7.78. The van der Waals surface area contributed by atoms with Crippen LogP contribution in [0.5, 0.6) is 5.75 Å². The number of anilines is 1. The molecule has 0 radical (unpaired) electrons. The van der Waals surface area contributed by atoms with E-state index in [2.05, 4.69) is 39.9 Å². The monoisotopic (exact) mass is 444 g/mol. The highest BCUT2D eigenvalue weighted by Crippen LogP contribution is 2.49. The Morgan fingerprint density at radius 1 is 1.18 bits per heavy atom. The molecule has 0 spiro atoms. The number of para-hydroxylation sites is 1. The van der Waals surface area contributed by atoms with Crippen LogP contribution < -0.4 is 8.73 Å². The van der Waals surface area contributed by atoms with E-state index in [1.54, 1.807) is 0 Å². The lowest BCUT2D eigenvalue weighted by Crippen LogP contribution is -2.38. The molecule has 0 fully saturated rings. The molecule has 2 aromatic carbocycles. The van der Waals surface area contributed by atoms with Gasteiger partial charge in [0.2, 0.25) is 0 Å². The maximum Gasteiger partial charge on any atom is 0.179 e. The molecular weight excluding hydrogens is 420 g/mol. The molecule has 3 aromatic rings. The Bertz CT molecular complexity index is 936. The fraction of sp³-hybridized carbons (Fsp3) is 0.364. The topological polar surface area (TPSA) is 49.1 Å². The summed E-state index contributed by atoms with van der Waals surface area (Å²) in [5.41, 5.74) is 1.21. The van der Waals surface area contributed by atoms with Crippen LogP contribution in [0.4, 0.5) is 5.69 Å². The average molecular weight is 445 g/mol. The molecule has 1 aromatic heterocycles. The standard InChI is InChI=1S/C22H25BrN2O3/c1-3-24(4-2)12-13-25-15-22(26,21-17(25)9-7-11-19(21)28-23)20-14-16-8-5-6-10-18(16)27-20/h5-11,14,26H,3-4,12-13,15H2,1-2H3. The number of furan rings is 1. The minimum absolute atomic E-state index is 0.427. The third kappa shape index (κ3) is 3.19. The van der Waals surface area contributed by atoms with Crippen LogP contribution >= 0.6 is 16.3 Å². The number of fused-ring (bicyclic) bond motifs is 2. The van der Waals surface area contributed by atoms with Crippen LogP contribution in [0.1, 0.15) is 25.2 Å². The van der Waals surface area contributed by atoms with Gasteiger partial charge in [0.05, 0.1) is 12.1 Å². The summed E-state index contributed by atoms with van der Waals surface area (Å²) in [4.78, 5) is 4.60. The molecule has 5 nitrogen and oxygen atoms in total. The van der Waals surface area contributed by atoms with Crippen LogP contribution in [0.3, 0.4) is 0 Å². The molecule has 0 saturated heterocycles. The van der Waals surface area contributed by atoms with Gasteiger partial charge >= 0.3 is 0 Å². The molecule has 148 valence electrons. The van der Waals surface area contributed by atoms with Gasteiger partial charge in [-0.15, -0.1) is 0 Å². The molecule has 0 amide bonds. The first kappa shape index (κ1) is 19.3. The van der Waals surface area contributed by atoms with Gasteiger partial charge in [-0.1, -0.05) is 38.1 Å². The fourth-order valence-corrected chi connectivity index (χ4v) is 4.36. The highest BCUT2D eigenvalue weighted by atomic mass is 79.9. The van der Waals surface area contributed by atoms with Gasteiger partial charge in [0.15, 0.2) is 21.9 Å². The first-order valence-corrected chi connectivity index (χ1v) is 10.4. The Hall–Kier alpha value is -2.02. The van der Waals surface area contributed by atoms with Crippen molar-refractivity contribution in [1.29, 1.82) is 0 Å². The third-order valence-electron chi connectivity index (χ3n) is 5.68. The highest BCUT2D eigenvalue weighted by molar-refractivity contribution is 9.06. The number of nitrogens with zero attached hydrogens (tertiary/aromatic N) is 2. The minimum atomic E-state index is -1.28. The lowest BCUT2D eigenvalue weighted by molar-refractivity contribution is 0.0734. The maximum absolute atomic E-state index is 11.8. The van der Waals surface area contributed by atoms with Crippen LogP contribution in [-0.4, -0.2) is 42.7 Å². The van der Waals surface area contributed by atoms with Crippen molar-refractivity contribution in [3.63, 3.8) is 0 Å². The molecule has 1 aliphatic heterocycles. The van der Waals surface area contributed by atoms with Crippen molar-refractivity contribution in [2.24, 2.45) is 0 Å². The van der Waals surface area contributed by atoms with Crippen LogP contribution in [0.2, 0.25) is 0 Å². The van der Waals surface area contributed by atoms with E-state index in [1.165, 1.54) is 0 Å². The Balaban J connectivity index is 1.76. The fourth-order valence-electron chi connectivity index (χ4n) is 4.09. The molecule has 1 unspecified atom stereocenters. The number of halogens is 1. The third-order valence-corrected chi connectivity index (χ3v) is 6.02. The molecule has 1 atom stereocenters. The van der Waals surface area contributed by atoms with E-state index < -0.39 is 5.60 Å². The van der Waals surface area contributed by atoms with Crippen molar-refractivity contribution in [2.75, 3.05) is 37.6 Å². The van der Waals surface area contributed by atoms with Gasteiger partial charge in [-0.05, 0) is 37.4 Å². The van der Waals surface area contributed by atoms with E-state index in [0.29, 0.717) is 18.1 Å². The molecule has 0 aliphatic carbocycles. The molecule has 1 N–H and O–H groups in total. The van der Waals surface area contributed by atoms with Gasteiger partial charge in [0.1, 0.15) is 17.1 Å². The summed E-state index contributed by atoms with van der Waals surface area (Å²) in [6.45, 7) is 8.54. The Morgan fingerprint density at radius 2 is 1.96 bits per heavy atom. The van der Waals surface area contributed by atoms with E-state index in [0.717, 1.165) is 48.4 Å². The van der Waals surface area contributed by atoms with Crippen molar-refractivity contribution in [3.8, 4) is 5.75 Å². The molecule has 1 aliphatic rings. The summed E-state index contributed by atoms with van der Waals surface area (Å²) in [7, 11) is 0. The van der Waals surface area contributed by atoms with E-state index in [9.17, 15) is 5.11 Å². The van der Waals surface area contributed by atoms with Crippen LogP contribution in [0.15, 0.2) is 52.9 Å². The molecule has 0 saturated carbocycles. The summed E-state index contributed by atoms with van der Waals surface area (Å²) in [6, 6.07) is 15.6. The predicted molar refractivity (Wildman–Crippen MR) is 115 cm³/mol. The Kier molecular flexibility index (Phi) is 5.36. The van der Waals surface area contributed by atoms with E-state index >= 15 is 0 Å². The molecular formula is C22H25BrN2O3. The smallest absolute Gasteiger partial charge is 0.179 e. The van der Waals surface area contributed by atoms with Crippen LogP contribution in [0.25, 0.3) is 11.0 Å². The van der Waals surface area contributed by atoms with Gasteiger partial charge in [-0.25, -0.2) is 0 Å². The molecule has 2 heterocycles. The molecule has 4 rings (SSSR count). The summed E-state index contributed by atoms with van der Waals surface area (Å²) < 4.78 is 11.5. The molecule has 0 bridgehead atoms. The largest absolute Gasteiger partial charge is 0.458 e. The average Bonchev–Trinajstić information content (AvgIpc) is 3.29. The first-order chi connectivity index (χ1) is 13.6. The van der Waals surface area contributed by atoms with Crippen molar-refractivity contribution in [2.45, 2.75) is 19.4 Å². The van der Waals surface area contributed by atoms with Crippen molar-refractivity contribution in [3.05, 3.63) is 59.9 Å². The number of likely N-dealkylation sites (N-methyl/N-ethyl adjacent to an activating group) is 1. The number of hydrogen-bond donors (Lipinski definition) is 1. The normalized spacial score (nSPS) is 18.8. The minimum Gasteiger partial charge on any atom is -0.458 e. The highest BCUT2D eigenvalue weighted by Gasteiger charge is 2.47. The van der Waals surface area contributed by atoms with E-state index in [-0.39, 0.29) is 0 Å². The molecule has 6 heteroatoms. The second-order valence-electron chi connectivity index (χ2n) is 7.18. The number of rotatable bonds is 7. The summed E-state index contributed by atoms with van der Waals surface area (Å²) >= 11 is 3.11. The lowest BCUT2D eigenvalue weighted by Gasteiger charge is -2.26. The zero-order chi connectivity index (χ0) is 19.7. The first-order valence-electron chi connectivity index (χ1n) is 9.71. The zero-order valence-electron chi connectivity index (χ0n) is 16.2. The van der Waals surface area contributed by atoms with E-state index in [4.69, 9.17) is 8.25 Å². The number of β-amino-alcohol motifs (C(OH)–C–C–N with tert-alkyl or cyclic N) is 1. The van der Waals surface area contributed by atoms with Gasteiger partial charge < -0.3 is 23.2 Å². The second-order valence-corrected chi connectivity index (χ2v) is 7.51. The van der Waals surface area contributed by atoms with Crippen molar-refractivity contribution >= 4 is 32.9 Å². The predicted octanol–water partition coefficient (Wildman–Crippen LogP) is 4.52. The van der Waals surface area contributed by atoms with Crippen LogP contribution in [0, 0.1) is 0 Å². The number of hydrogen-bond acceptors (Lipinski definition) is 5. The quantitative estimate of drug-likeness (QED) is 0.580. The SMILES string of the molecule is CCN(CC)CCN1CC(O)(c2cc3ccccc3o2)c2c(OBr)cccc21. The van der Waals surface area contributed by atoms with Crippen molar-refractivity contribution < 1.29 is 13.4 Å². The van der Waals surface area contributed by atoms with Gasteiger partial charge in [-0.3, -0.25) is 0 Å². The summed E-state index contributed by atoms with van der Waals surface area (Å²) in [5.74, 6) is 1.14. The van der Waals surface area contributed by atoms with Gasteiger partial charge in [0.25, 0.3) is 0 Å². The number of benzene rings is 2. The maximum atomic E-state index is 11.8. The van der Waals surface area contributed by atoms with Gasteiger partial charge in [-0.2, -0.15) is 0 Å². The zero-order valence-corrected chi connectivity index (χ0v) is 17.8. The Labute approximate surface area is 173 Å². The summed E-state index contributed by atoms with van der Waals surface area (Å²) in [5, 5.41) is 12.8. The Morgan fingerprint density at radius 3 is 2.68 bits per heavy atom. The number of aliphatic hydroxyl groups is 1. The van der Waals surface area contributed by atoms with Crippen molar-refractivity contribution in [1.82, 2.24) is 4.90 Å². The van der Waals surface area contributed by atoms with Crippen LogP contribution in [-0.2, 0) is 5.60 Å². The van der Waals surface area contributed by atoms with Gasteiger partial charge in [0, 0.05) is 24.2 Å². The molecule has 28 heavy (non-hydrogen) atoms. The van der Waals surface area contributed by atoms with E-state index in [1.807, 2.05) is 48.5 Å². The summed E-state index contributed by atoms with van der Waals surface area (Å²) in [6.07, 6.45) is 0. The lowest BCUT2D eigenvalue weighted by atomic mass is 9.92.